The van der Waals surface area contributed by atoms with Crippen LogP contribution in [0.15, 0.2) is 59.8 Å². The largest absolute Gasteiger partial charge is 0.497 e. The fraction of sp³-hybridized carbons (Fsp3) is 0.235. The molecule has 0 spiro atoms. The standard InChI is InChI=1S/C17H19N3O3S/c1-3-19(13-14-12-18-17-9-4-5-10-20(14)17)24(21,22)16-8-6-7-15(11-16)23-2/h4-12H,3,13H2,1-2H3. The molecular formula is C17H19N3O3S. The van der Waals surface area contributed by atoms with E-state index < -0.39 is 10.0 Å². The van der Waals surface area contributed by atoms with Crippen molar-refractivity contribution in [2.75, 3.05) is 13.7 Å². The van der Waals surface area contributed by atoms with E-state index in [0.29, 0.717) is 12.3 Å². The monoisotopic (exact) mass is 345 g/mol. The molecule has 0 unspecified atom stereocenters. The first-order chi connectivity index (χ1) is 11.6. The summed E-state index contributed by atoms with van der Waals surface area (Å²) in [6.45, 7) is 2.43. The van der Waals surface area contributed by atoms with Crippen LogP contribution in [0.2, 0.25) is 0 Å². The van der Waals surface area contributed by atoms with Crippen LogP contribution in [0.3, 0.4) is 0 Å². The van der Waals surface area contributed by atoms with E-state index in [0.717, 1.165) is 11.3 Å². The van der Waals surface area contributed by atoms with E-state index in [2.05, 4.69) is 4.98 Å². The van der Waals surface area contributed by atoms with Crippen LogP contribution in [0.4, 0.5) is 0 Å². The van der Waals surface area contributed by atoms with Crippen molar-refractivity contribution in [1.82, 2.24) is 13.7 Å². The Morgan fingerprint density at radius 1 is 1.21 bits per heavy atom. The molecule has 1 aromatic carbocycles. The second-order valence-electron chi connectivity index (χ2n) is 5.29. The molecule has 2 aromatic heterocycles. The Kier molecular flexibility index (Phi) is 4.55. The van der Waals surface area contributed by atoms with Gasteiger partial charge in [0.15, 0.2) is 0 Å². The lowest BCUT2D eigenvalue weighted by molar-refractivity contribution is 0.408. The summed E-state index contributed by atoms with van der Waals surface area (Å²) in [7, 11) is -2.10. The third kappa shape index (κ3) is 3.00. The number of hydrogen-bond donors (Lipinski definition) is 0. The van der Waals surface area contributed by atoms with Gasteiger partial charge in [-0.1, -0.05) is 19.1 Å². The molecule has 0 saturated heterocycles. The van der Waals surface area contributed by atoms with Crippen LogP contribution >= 0.6 is 0 Å². The van der Waals surface area contributed by atoms with Gasteiger partial charge in [-0.3, -0.25) is 0 Å². The molecule has 0 fully saturated rings. The summed E-state index contributed by atoms with van der Waals surface area (Å²) in [5.41, 5.74) is 1.61. The first-order valence-electron chi connectivity index (χ1n) is 7.61. The van der Waals surface area contributed by atoms with Crippen molar-refractivity contribution in [1.29, 1.82) is 0 Å². The maximum absolute atomic E-state index is 12.9. The normalized spacial score (nSPS) is 12.0. The average Bonchev–Trinajstić information content (AvgIpc) is 3.02. The van der Waals surface area contributed by atoms with Gasteiger partial charge in [-0.2, -0.15) is 4.31 Å². The maximum atomic E-state index is 12.9. The highest BCUT2D eigenvalue weighted by Gasteiger charge is 2.24. The fourth-order valence-electron chi connectivity index (χ4n) is 2.56. The summed E-state index contributed by atoms with van der Waals surface area (Å²) in [6, 6.07) is 12.2. The molecule has 0 amide bonds. The number of rotatable bonds is 6. The second-order valence-corrected chi connectivity index (χ2v) is 7.23. The van der Waals surface area contributed by atoms with Gasteiger partial charge in [0.25, 0.3) is 0 Å². The van der Waals surface area contributed by atoms with Crippen LogP contribution in [0.5, 0.6) is 5.75 Å². The van der Waals surface area contributed by atoms with Crippen molar-refractivity contribution >= 4 is 15.7 Å². The number of fused-ring (bicyclic) bond motifs is 1. The number of benzene rings is 1. The molecule has 0 aliphatic heterocycles. The van der Waals surface area contributed by atoms with Gasteiger partial charge < -0.3 is 9.14 Å². The minimum absolute atomic E-state index is 0.220. The zero-order valence-corrected chi connectivity index (χ0v) is 14.4. The molecule has 3 rings (SSSR count). The predicted octanol–water partition coefficient (Wildman–Crippen LogP) is 2.55. The van der Waals surface area contributed by atoms with Gasteiger partial charge in [0.1, 0.15) is 11.4 Å². The molecule has 0 aliphatic rings. The maximum Gasteiger partial charge on any atom is 0.243 e. The van der Waals surface area contributed by atoms with E-state index in [9.17, 15) is 8.42 Å². The molecule has 0 N–H and O–H groups in total. The van der Waals surface area contributed by atoms with E-state index in [1.54, 1.807) is 24.4 Å². The van der Waals surface area contributed by atoms with Crippen molar-refractivity contribution < 1.29 is 13.2 Å². The Hall–Kier alpha value is -2.38. The second kappa shape index (κ2) is 6.62. The molecular weight excluding hydrogens is 326 g/mol. The molecule has 0 radical (unpaired) electrons. The summed E-state index contributed by atoms with van der Waals surface area (Å²) in [5, 5.41) is 0. The summed E-state index contributed by atoms with van der Waals surface area (Å²) in [5.74, 6) is 0.516. The smallest absolute Gasteiger partial charge is 0.243 e. The number of sulfonamides is 1. The van der Waals surface area contributed by atoms with Crippen molar-refractivity contribution in [2.24, 2.45) is 0 Å². The molecule has 0 bridgehead atoms. The van der Waals surface area contributed by atoms with Crippen LogP contribution < -0.4 is 4.74 Å². The molecule has 0 aliphatic carbocycles. The lowest BCUT2D eigenvalue weighted by Gasteiger charge is -2.20. The van der Waals surface area contributed by atoms with Crippen molar-refractivity contribution in [3.05, 3.63) is 60.6 Å². The molecule has 0 atom stereocenters. The van der Waals surface area contributed by atoms with E-state index in [1.807, 2.05) is 35.7 Å². The highest BCUT2D eigenvalue weighted by molar-refractivity contribution is 7.89. The molecule has 3 aromatic rings. The van der Waals surface area contributed by atoms with E-state index >= 15 is 0 Å². The molecule has 2 heterocycles. The Balaban J connectivity index is 1.95. The van der Waals surface area contributed by atoms with Gasteiger partial charge in [0.05, 0.1) is 30.4 Å². The van der Waals surface area contributed by atoms with Gasteiger partial charge in [-0.25, -0.2) is 13.4 Å². The highest BCUT2D eigenvalue weighted by atomic mass is 32.2. The zero-order valence-electron chi connectivity index (χ0n) is 13.6. The fourth-order valence-corrected chi connectivity index (χ4v) is 4.02. The molecule has 6 nitrogen and oxygen atoms in total. The Bertz CT molecular complexity index is 950. The molecule has 126 valence electrons. The summed E-state index contributed by atoms with van der Waals surface area (Å²) in [4.78, 5) is 4.53. The first-order valence-corrected chi connectivity index (χ1v) is 9.05. The van der Waals surface area contributed by atoms with Crippen molar-refractivity contribution in [3.8, 4) is 5.75 Å². The van der Waals surface area contributed by atoms with E-state index in [-0.39, 0.29) is 11.4 Å². The van der Waals surface area contributed by atoms with Crippen molar-refractivity contribution in [3.63, 3.8) is 0 Å². The third-order valence-electron chi connectivity index (χ3n) is 3.86. The van der Waals surface area contributed by atoms with Crippen LogP contribution in [-0.4, -0.2) is 35.8 Å². The Morgan fingerprint density at radius 3 is 2.79 bits per heavy atom. The van der Waals surface area contributed by atoms with Gasteiger partial charge in [-0.05, 0) is 24.3 Å². The number of hydrogen-bond acceptors (Lipinski definition) is 4. The van der Waals surface area contributed by atoms with Gasteiger partial charge in [0, 0.05) is 18.8 Å². The zero-order chi connectivity index (χ0) is 17.2. The molecule has 24 heavy (non-hydrogen) atoms. The minimum Gasteiger partial charge on any atom is -0.497 e. The minimum atomic E-state index is -3.62. The molecule has 7 heteroatoms. The first kappa shape index (κ1) is 16.5. The quantitative estimate of drug-likeness (QED) is 0.689. The Labute approximate surface area is 141 Å². The average molecular weight is 345 g/mol. The summed E-state index contributed by atoms with van der Waals surface area (Å²) in [6.07, 6.45) is 3.59. The number of pyridine rings is 1. The number of imidazole rings is 1. The number of nitrogens with zero attached hydrogens (tertiary/aromatic N) is 3. The van der Waals surface area contributed by atoms with Gasteiger partial charge in [0.2, 0.25) is 10.0 Å². The summed E-state index contributed by atoms with van der Waals surface area (Å²) < 4.78 is 34.3. The topological polar surface area (TPSA) is 63.9 Å². The van der Waals surface area contributed by atoms with E-state index in [4.69, 9.17) is 4.74 Å². The van der Waals surface area contributed by atoms with Gasteiger partial charge in [-0.15, -0.1) is 0 Å². The SMILES string of the molecule is CCN(Cc1cnc2ccccn12)S(=O)(=O)c1cccc(OC)c1. The number of ether oxygens (including phenoxy) is 1. The van der Waals surface area contributed by atoms with Crippen LogP contribution in [0, 0.1) is 0 Å². The number of aromatic nitrogens is 2. The Morgan fingerprint density at radius 2 is 2.04 bits per heavy atom. The van der Waals surface area contributed by atoms with Gasteiger partial charge >= 0.3 is 0 Å². The van der Waals surface area contributed by atoms with Crippen LogP contribution in [0.1, 0.15) is 12.6 Å². The number of methoxy groups -OCH3 is 1. The molecule has 0 saturated carbocycles. The third-order valence-corrected chi connectivity index (χ3v) is 5.78. The lowest BCUT2D eigenvalue weighted by atomic mass is 10.3. The van der Waals surface area contributed by atoms with Crippen molar-refractivity contribution in [2.45, 2.75) is 18.4 Å². The highest BCUT2D eigenvalue weighted by Crippen LogP contribution is 2.22. The summed E-state index contributed by atoms with van der Waals surface area (Å²) >= 11 is 0. The lowest BCUT2D eigenvalue weighted by Crippen LogP contribution is -2.31. The van der Waals surface area contributed by atoms with Crippen LogP contribution in [-0.2, 0) is 16.6 Å². The van der Waals surface area contributed by atoms with Crippen LogP contribution in [0.25, 0.3) is 5.65 Å². The van der Waals surface area contributed by atoms with E-state index in [1.165, 1.54) is 17.5 Å². The predicted molar refractivity (Wildman–Crippen MR) is 91.5 cm³/mol.